The molecule has 0 aliphatic carbocycles. The fourth-order valence-electron chi connectivity index (χ4n) is 5.18. The Morgan fingerprint density at radius 3 is 2.39 bits per heavy atom. The minimum atomic E-state index is -0.372. The summed E-state index contributed by atoms with van der Waals surface area (Å²) in [7, 11) is 0. The van der Waals surface area contributed by atoms with E-state index in [0.717, 1.165) is 19.4 Å². The second kappa shape index (κ2) is 9.94. The highest BCUT2D eigenvalue weighted by Crippen LogP contribution is 2.45. The lowest BCUT2D eigenvalue weighted by atomic mass is 9.75. The molecule has 6 heteroatoms. The van der Waals surface area contributed by atoms with Crippen molar-refractivity contribution in [3.05, 3.63) is 66.0 Å². The van der Waals surface area contributed by atoms with Crippen LogP contribution >= 0.6 is 0 Å². The largest absolute Gasteiger partial charge is 0.484 e. The number of benzene rings is 2. The number of hydrogen-bond acceptors (Lipinski definition) is 3. The minimum Gasteiger partial charge on any atom is -0.484 e. The fourth-order valence-corrected chi connectivity index (χ4v) is 5.18. The van der Waals surface area contributed by atoms with Gasteiger partial charge >= 0.3 is 0 Å². The van der Waals surface area contributed by atoms with Crippen molar-refractivity contribution in [1.82, 2.24) is 9.80 Å². The molecule has 2 heterocycles. The summed E-state index contributed by atoms with van der Waals surface area (Å²) < 4.78 is 18.6. The van der Waals surface area contributed by atoms with Crippen LogP contribution in [0.2, 0.25) is 0 Å². The topological polar surface area (TPSA) is 49.9 Å². The van der Waals surface area contributed by atoms with E-state index in [1.165, 1.54) is 29.8 Å². The van der Waals surface area contributed by atoms with Crippen LogP contribution in [0.4, 0.5) is 4.39 Å². The number of halogens is 1. The van der Waals surface area contributed by atoms with Gasteiger partial charge in [0.1, 0.15) is 11.6 Å². The number of ether oxygens (including phenoxy) is 1. The second-order valence-corrected chi connectivity index (χ2v) is 9.80. The van der Waals surface area contributed by atoms with Crippen molar-refractivity contribution in [2.24, 2.45) is 11.3 Å². The number of piperidine rings is 1. The summed E-state index contributed by atoms with van der Waals surface area (Å²) >= 11 is 0. The molecule has 1 spiro atoms. The highest BCUT2D eigenvalue weighted by Gasteiger charge is 2.52. The molecule has 2 saturated heterocycles. The summed E-state index contributed by atoms with van der Waals surface area (Å²) in [4.78, 5) is 30.2. The van der Waals surface area contributed by atoms with E-state index in [4.69, 9.17) is 4.74 Å². The zero-order valence-corrected chi connectivity index (χ0v) is 19.5. The Morgan fingerprint density at radius 1 is 1.09 bits per heavy atom. The maximum absolute atomic E-state index is 13.6. The van der Waals surface area contributed by atoms with Crippen LogP contribution < -0.4 is 4.74 Å². The van der Waals surface area contributed by atoms with Crippen molar-refractivity contribution in [2.75, 3.05) is 26.2 Å². The molecule has 2 aromatic rings. The normalized spacial score (nSPS) is 20.0. The van der Waals surface area contributed by atoms with Crippen LogP contribution in [0.1, 0.15) is 38.7 Å². The average molecular weight is 453 g/mol. The van der Waals surface area contributed by atoms with Crippen LogP contribution in [0.5, 0.6) is 5.75 Å². The van der Waals surface area contributed by atoms with Gasteiger partial charge in [0.05, 0.1) is 5.41 Å². The number of hydrogen-bond donors (Lipinski definition) is 0. The molecule has 5 nitrogen and oxygen atoms in total. The van der Waals surface area contributed by atoms with E-state index in [-0.39, 0.29) is 35.7 Å². The first-order chi connectivity index (χ1) is 15.9. The highest BCUT2D eigenvalue weighted by molar-refractivity contribution is 5.86. The monoisotopic (exact) mass is 452 g/mol. The van der Waals surface area contributed by atoms with Crippen LogP contribution in [0.25, 0.3) is 0 Å². The first-order valence-corrected chi connectivity index (χ1v) is 11.9. The third kappa shape index (κ3) is 5.37. The van der Waals surface area contributed by atoms with Crippen molar-refractivity contribution >= 4 is 11.8 Å². The summed E-state index contributed by atoms with van der Waals surface area (Å²) in [5, 5.41) is 0. The predicted molar refractivity (Wildman–Crippen MR) is 125 cm³/mol. The van der Waals surface area contributed by atoms with Gasteiger partial charge in [-0.3, -0.25) is 9.59 Å². The lowest BCUT2D eigenvalue weighted by molar-refractivity contribution is -0.144. The number of carbonyl (C=O) groups excluding carboxylic acids is 2. The van der Waals surface area contributed by atoms with E-state index in [9.17, 15) is 14.0 Å². The number of rotatable bonds is 7. The van der Waals surface area contributed by atoms with Gasteiger partial charge in [-0.2, -0.15) is 0 Å². The van der Waals surface area contributed by atoms with Crippen molar-refractivity contribution in [1.29, 1.82) is 0 Å². The SMILES string of the molecule is CC(C)CN1C(=O)C2(CCN(C(=O)COc3ccc(F)cc3)CC2)C[C@H]1Cc1ccccc1. The van der Waals surface area contributed by atoms with E-state index < -0.39 is 0 Å². The van der Waals surface area contributed by atoms with Gasteiger partial charge in [-0.1, -0.05) is 44.2 Å². The van der Waals surface area contributed by atoms with Gasteiger partial charge < -0.3 is 14.5 Å². The Morgan fingerprint density at radius 2 is 1.76 bits per heavy atom. The lowest BCUT2D eigenvalue weighted by Gasteiger charge is -2.38. The molecule has 0 unspecified atom stereocenters. The van der Waals surface area contributed by atoms with Crippen LogP contribution in [-0.4, -0.2) is 53.9 Å². The van der Waals surface area contributed by atoms with Gasteiger partial charge in [-0.25, -0.2) is 4.39 Å². The van der Waals surface area contributed by atoms with Gasteiger partial charge in [-0.15, -0.1) is 0 Å². The fraction of sp³-hybridized carbons (Fsp3) is 0.481. The molecule has 2 fully saturated rings. The predicted octanol–water partition coefficient (Wildman–Crippen LogP) is 4.31. The summed E-state index contributed by atoms with van der Waals surface area (Å²) in [6, 6.07) is 16.2. The van der Waals surface area contributed by atoms with Crippen LogP contribution in [0.3, 0.4) is 0 Å². The minimum absolute atomic E-state index is 0.0807. The van der Waals surface area contributed by atoms with Crippen LogP contribution in [0.15, 0.2) is 54.6 Å². The van der Waals surface area contributed by atoms with Gasteiger partial charge in [0.2, 0.25) is 5.91 Å². The molecular formula is C27H33FN2O3. The number of carbonyl (C=O) groups is 2. The van der Waals surface area contributed by atoms with E-state index in [2.05, 4.69) is 30.9 Å². The molecule has 1 atom stereocenters. The Labute approximate surface area is 195 Å². The molecule has 2 aromatic carbocycles. The first-order valence-electron chi connectivity index (χ1n) is 11.9. The van der Waals surface area contributed by atoms with Crippen molar-refractivity contribution in [3.63, 3.8) is 0 Å². The van der Waals surface area contributed by atoms with Gasteiger partial charge in [0.15, 0.2) is 6.61 Å². The van der Waals surface area contributed by atoms with Crippen LogP contribution in [-0.2, 0) is 16.0 Å². The van der Waals surface area contributed by atoms with Gasteiger partial charge in [0.25, 0.3) is 5.91 Å². The third-order valence-corrected chi connectivity index (χ3v) is 6.91. The zero-order valence-electron chi connectivity index (χ0n) is 19.5. The molecular weight excluding hydrogens is 419 g/mol. The summed E-state index contributed by atoms with van der Waals surface area (Å²) in [5.74, 6) is 0.699. The second-order valence-electron chi connectivity index (χ2n) is 9.80. The molecule has 0 saturated carbocycles. The number of nitrogens with zero attached hydrogens (tertiary/aromatic N) is 2. The standard InChI is InChI=1S/C27H33FN2O3/c1-20(2)18-30-23(16-21-6-4-3-5-7-21)17-27(26(30)32)12-14-29(15-13-27)25(31)19-33-24-10-8-22(28)9-11-24/h3-11,20,23H,12-19H2,1-2H3/t23-/m1/s1. The average Bonchev–Trinajstić information content (AvgIpc) is 3.04. The van der Waals surface area contributed by atoms with E-state index >= 15 is 0 Å². The zero-order chi connectivity index (χ0) is 23.4. The first kappa shape index (κ1) is 23.3. The third-order valence-electron chi connectivity index (χ3n) is 6.91. The quantitative estimate of drug-likeness (QED) is 0.629. The summed E-state index contributed by atoms with van der Waals surface area (Å²) in [6.45, 7) is 6.12. The summed E-state index contributed by atoms with van der Waals surface area (Å²) in [5.41, 5.74) is 0.884. The Kier molecular flexibility index (Phi) is 7.01. The molecule has 2 aliphatic rings. The molecule has 2 amide bonds. The molecule has 4 rings (SSSR count). The molecule has 2 aliphatic heterocycles. The highest BCUT2D eigenvalue weighted by atomic mass is 19.1. The number of likely N-dealkylation sites (tertiary alicyclic amines) is 2. The van der Waals surface area contributed by atoms with E-state index in [1.54, 1.807) is 4.90 Å². The Bertz CT molecular complexity index is 953. The van der Waals surface area contributed by atoms with Crippen LogP contribution in [0, 0.1) is 17.2 Å². The van der Waals surface area contributed by atoms with Gasteiger partial charge in [0, 0.05) is 25.7 Å². The maximum atomic E-state index is 13.6. The van der Waals surface area contributed by atoms with Crippen molar-refractivity contribution in [2.45, 2.75) is 45.6 Å². The molecule has 33 heavy (non-hydrogen) atoms. The molecule has 0 radical (unpaired) electrons. The summed E-state index contributed by atoms with van der Waals surface area (Å²) in [6.07, 6.45) is 3.10. The van der Waals surface area contributed by atoms with Crippen molar-refractivity contribution < 1.29 is 18.7 Å². The molecule has 176 valence electrons. The number of amides is 2. The van der Waals surface area contributed by atoms with E-state index in [1.807, 2.05) is 18.2 Å². The van der Waals surface area contributed by atoms with Gasteiger partial charge in [-0.05, 0) is 61.4 Å². The van der Waals surface area contributed by atoms with E-state index in [0.29, 0.717) is 37.6 Å². The Balaban J connectivity index is 1.37. The molecule has 0 aromatic heterocycles. The van der Waals surface area contributed by atoms with Crippen molar-refractivity contribution in [3.8, 4) is 5.75 Å². The molecule has 0 bridgehead atoms. The lowest BCUT2D eigenvalue weighted by Crippen LogP contribution is -2.48. The smallest absolute Gasteiger partial charge is 0.260 e. The Hall–Kier alpha value is -2.89. The maximum Gasteiger partial charge on any atom is 0.260 e. The molecule has 0 N–H and O–H groups in total.